The van der Waals surface area contributed by atoms with Gasteiger partial charge in [0.05, 0.1) is 36.0 Å². The zero-order valence-corrected chi connectivity index (χ0v) is 24.8. The number of carboxylic acids is 1. The van der Waals surface area contributed by atoms with Crippen molar-refractivity contribution in [3.05, 3.63) is 65.7 Å². The maximum atomic E-state index is 14.4. The van der Waals surface area contributed by atoms with Gasteiger partial charge in [0.2, 0.25) is 23.6 Å². The number of hydrogen-bond donors (Lipinski definition) is 2. The molecule has 2 aromatic carbocycles. The first-order valence-electron chi connectivity index (χ1n) is 15.2. The predicted molar refractivity (Wildman–Crippen MR) is 159 cm³/mol. The number of carbonyl (C=O) groups excluding carboxylic acids is 4. The highest BCUT2D eigenvalue weighted by molar-refractivity contribution is 6.24. The number of fused-ring (bicyclic) bond motifs is 4. The van der Waals surface area contributed by atoms with Crippen LogP contribution in [-0.2, 0) is 24.0 Å². The average molecular weight is 601 g/mol. The quantitative estimate of drug-likeness (QED) is 0.247. The molecule has 6 unspecified atom stereocenters. The van der Waals surface area contributed by atoms with Crippen molar-refractivity contribution >= 4 is 35.3 Å². The third-order valence-electron chi connectivity index (χ3n) is 10.2. The Labute approximate surface area is 255 Å². The monoisotopic (exact) mass is 600 g/mol. The maximum absolute atomic E-state index is 14.4. The van der Waals surface area contributed by atoms with Crippen LogP contribution in [0.25, 0.3) is 0 Å². The second-order valence-electron chi connectivity index (χ2n) is 12.5. The number of anilines is 1. The van der Waals surface area contributed by atoms with Gasteiger partial charge in [-0.2, -0.15) is 0 Å². The number of rotatable bonds is 9. The van der Waals surface area contributed by atoms with E-state index in [1.165, 1.54) is 16.9 Å². The predicted octanol–water partition coefficient (Wildman–Crippen LogP) is 4.28. The number of phenols is 1. The van der Waals surface area contributed by atoms with Crippen molar-refractivity contribution in [2.75, 3.05) is 18.6 Å². The van der Waals surface area contributed by atoms with Gasteiger partial charge in [0, 0.05) is 18.9 Å². The molecule has 2 aliphatic heterocycles. The lowest BCUT2D eigenvalue weighted by Gasteiger charge is -2.49. The highest BCUT2D eigenvalue weighted by Crippen LogP contribution is 2.63. The average Bonchev–Trinajstić information content (AvgIpc) is 3.36. The number of carboxylic acid groups (broad SMARTS) is 1. The summed E-state index contributed by atoms with van der Waals surface area (Å²) in [5, 5.41) is 19.7. The number of amides is 4. The molecule has 0 radical (unpaired) electrons. The van der Waals surface area contributed by atoms with Gasteiger partial charge < -0.3 is 14.9 Å². The molecule has 6 rings (SSSR count). The SMILES string of the molecule is COc1ccc(C2C3=CCC4C(=O)N(CCCCCC(=O)O)C(=O)C4C3CC3C(=O)N(c4ccccc4)C(=O)C32C)cc1O. The molecular weight excluding hydrogens is 564 g/mol. The van der Waals surface area contributed by atoms with Crippen molar-refractivity contribution in [1.29, 1.82) is 0 Å². The van der Waals surface area contributed by atoms with E-state index in [1.807, 2.05) is 12.1 Å². The smallest absolute Gasteiger partial charge is 0.303 e. The number of likely N-dealkylation sites (tertiary alicyclic amines) is 1. The molecule has 44 heavy (non-hydrogen) atoms. The maximum Gasteiger partial charge on any atom is 0.303 e. The summed E-state index contributed by atoms with van der Waals surface area (Å²) in [5.41, 5.74) is 0.757. The Morgan fingerprint density at radius 2 is 1.73 bits per heavy atom. The molecule has 10 nitrogen and oxygen atoms in total. The van der Waals surface area contributed by atoms with E-state index in [0.717, 1.165) is 5.57 Å². The normalized spacial score (nSPS) is 29.3. The van der Waals surface area contributed by atoms with Crippen LogP contribution in [0, 0.1) is 29.1 Å². The lowest BCUT2D eigenvalue weighted by molar-refractivity contribution is -0.141. The van der Waals surface area contributed by atoms with Gasteiger partial charge in [-0.25, -0.2) is 4.90 Å². The summed E-state index contributed by atoms with van der Waals surface area (Å²) in [6.45, 7) is 2.03. The van der Waals surface area contributed by atoms with Gasteiger partial charge in [-0.1, -0.05) is 42.3 Å². The third kappa shape index (κ3) is 4.50. The summed E-state index contributed by atoms with van der Waals surface area (Å²) in [6, 6.07) is 13.8. The molecule has 2 saturated heterocycles. The summed E-state index contributed by atoms with van der Waals surface area (Å²) >= 11 is 0. The van der Waals surface area contributed by atoms with Crippen molar-refractivity contribution in [3.8, 4) is 11.5 Å². The molecule has 6 atom stereocenters. The van der Waals surface area contributed by atoms with E-state index in [-0.39, 0.29) is 54.5 Å². The summed E-state index contributed by atoms with van der Waals surface area (Å²) in [7, 11) is 1.45. The minimum absolute atomic E-state index is 0.0394. The van der Waals surface area contributed by atoms with Gasteiger partial charge in [0.15, 0.2) is 11.5 Å². The Kier molecular flexibility index (Phi) is 7.55. The van der Waals surface area contributed by atoms with Gasteiger partial charge in [-0.05, 0) is 68.4 Å². The molecule has 1 saturated carbocycles. The zero-order valence-electron chi connectivity index (χ0n) is 24.8. The molecule has 2 aliphatic carbocycles. The molecule has 3 fully saturated rings. The van der Waals surface area contributed by atoms with Crippen LogP contribution in [0.4, 0.5) is 5.69 Å². The number of phenolic OH excluding ortho intramolecular Hbond substituents is 1. The van der Waals surface area contributed by atoms with E-state index in [2.05, 4.69) is 0 Å². The van der Waals surface area contributed by atoms with E-state index >= 15 is 0 Å². The molecule has 2 aromatic rings. The molecule has 10 heteroatoms. The van der Waals surface area contributed by atoms with E-state index in [9.17, 15) is 29.1 Å². The van der Waals surface area contributed by atoms with E-state index in [0.29, 0.717) is 36.9 Å². The lowest BCUT2D eigenvalue weighted by atomic mass is 9.51. The minimum Gasteiger partial charge on any atom is -0.504 e. The second-order valence-corrected chi connectivity index (χ2v) is 12.5. The summed E-state index contributed by atoms with van der Waals surface area (Å²) in [5.74, 6) is -4.91. The Morgan fingerprint density at radius 1 is 0.977 bits per heavy atom. The highest BCUT2D eigenvalue weighted by atomic mass is 16.5. The minimum atomic E-state index is -1.20. The van der Waals surface area contributed by atoms with Gasteiger partial charge in [-0.15, -0.1) is 0 Å². The molecule has 0 spiro atoms. The van der Waals surface area contributed by atoms with Crippen LogP contribution in [0.3, 0.4) is 0 Å². The van der Waals surface area contributed by atoms with E-state index < -0.39 is 41.0 Å². The lowest BCUT2D eigenvalue weighted by Crippen LogP contribution is -2.48. The zero-order chi connectivity index (χ0) is 31.3. The fourth-order valence-corrected chi connectivity index (χ4v) is 8.11. The van der Waals surface area contributed by atoms with E-state index in [4.69, 9.17) is 9.84 Å². The molecule has 4 aliphatic rings. The molecule has 230 valence electrons. The van der Waals surface area contributed by atoms with Crippen molar-refractivity contribution in [1.82, 2.24) is 4.90 Å². The summed E-state index contributed by atoms with van der Waals surface area (Å²) < 4.78 is 5.26. The number of nitrogens with zero attached hydrogens (tertiary/aromatic N) is 2. The van der Waals surface area contributed by atoms with E-state index in [1.54, 1.807) is 49.4 Å². The number of allylic oxidation sites excluding steroid dienone is 2. The van der Waals surface area contributed by atoms with Gasteiger partial charge >= 0.3 is 5.97 Å². The van der Waals surface area contributed by atoms with Gasteiger partial charge in [0.1, 0.15) is 0 Å². The molecule has 0 bridgehead atoms. The molecule has 2 heterocycles. The van der Waals surface area contributed by atoms with Crippen LogP contribution in [0.2, 0.25) is 0 Å². The standard InChI is InChI=1S/C34H36N2O8/c1-34-24(31(41)36(33(34)43)20-9-5-3-6-10-20)18-23-21(29(34)19-12-15-26(44-2)25(37)17-19)13-14-22-28(23)32(42)35(30(22)40)16-8-4-7-11-27(38)39/h3,5-6,9-10,12-13,15,17,22-24,28-29,37H,4,7-8,11,14,16,18H2,1-2H3,(H,38,39). The number of para-hydroxylation sites is 1. The van der Waals surface area contributed by atoms with Crippen molar-refractivity contribution in [3.63, 3.8) is 0 Å². The molecule has 0 aromatic heterocycles. The summed E-state index contributed by atoms with van der Waals surface area (Å²) in [6.07, 6.45) is 4.17. The topological polar surface area (TPSA) is 142 Å². The Bertz CT molecular complexity index is 1570. The first-order chi connectivity index (χ1) is 21.1. The van der Waals surface area contributed by atoms with Crippen molar-refractivity contribution < 1.29 is 38.9 Å². The van der Waals surface area contributed by atoms with Crippen LogP contribution < -0.4 is 9.64 Å². The molecule has 4 amide bonds. The van der Waals surface area contributed by atoms with Crippen LogP contribution in [0.5, 0.6) is 11.5 Å². The number of methoxy groups -OCH3 is 1. The third-order valence-corrected chi connectivity index (χ3v) is 10.2. The number of aromatic hydroxyl groups is 1. The number of benzene rings is 2. The number of carbonyl (C=O) groups is 5. The number of ether oxygens (including phenoxy) is 1. The molecule has 2 N–H and O–H groups in total. The fraction of sp³-hybridized carbons (Fsp3) is 0.441. The number of unbranched alkanes of at least 4 members (excludes halogenated alkanes) is 2. The number of hydrogen-bond acceptors (Lipinski definition) is 7. The van der Waals surface area contributed by atoms with Crippen LogP contribution >= 0.6 is 0 Å². The van der Waals surface area contributed by atoms with Crippen molar-refractivity contribution in [2.24, 2.45) is 29.1 Å². The fourth-order valence-electron chi connectivity index (χ4n) is 8.11. The Hall–Kier alpha value is -4.47. The molecular formula is C34H36N2O8. The van der Waals surface area contributed by atoms with Crippen LogP contribution in [0.1, 0.15) is 56.9 Å². The second kappa shape index (κ2) is 11.2. The first kappa shape index (κ1) is 29.6. The Morgan fingerprint density at radius 3 is 2.41 bits per heavy atom. The largest absolute Gasteiger partial charge is 0.504 e. The van der Waals surface area contributed by atoms with Crippen molar-refractivity contribution in [2.45, 2.75) is 51.4 Å². The summed E-state index contributed by atoms with van der Waals surface area (Å²) in [4.78, 5) is 69.4. The highest BCUT2D eigenvalue weighted by Gasteiger charge is 2.67. The van der Waals surface area contributed by atoms with Gasteiger partial charge in [0.25, 0.3) is 0 Å². The number of imide groups is 2. The van der Waals surface area contributed by atoms with Gasteiger partial charge in [-0.3, -0.25) is 28.9 Å². The number of aliphatic carboxylic acids is 1. The Balaban J connectivity index is 1.39. The first-order valence-corrected chi connectivity index (χ1v) is 15.2. The van der Waals surface area contributed by atoms with Crippen LogP contribution in [0.15, 0.2) is 60.2 Å². The van der Waals surface area contributed by atoms with Crippen LogP contribution in [-0.4, -0.2) is 58.4 Å².